The lowest BCUT2D eigenvalue weighted by Crippen LogP contribution is -2.16. The second kappa shape index (κ2) is 7.43. The van der Waals surface area contributed by atoms with E-state index < -0.39 is 0 Å². The van der Waals surface area contributed by atoms with Crippen molar-refractivity contribution < 1.29 is 9.53 Å². The number of nitrogens with two attached hydrogens (primary N) is 1. The molecule has 0 spiro atoms. The van der Waals surface area contributed by atoms with E-state index >= 15 is 0 Å². The molecule has 1 aliphatic carbocycles. The molecule has 0 unspecified atom stereocenters. The molecule has 0 bridgehead atoms. The Kier molecular flexibility index (Phi) is 5.59. The molecule has 1 aliphatic rings. The lowest BCUT2D eigenvalue weighted by molar-refractivity contribution is -0.113. The van der Waals surface area contributed by atoms with Crippen LogP contribution in [0.25, 0.3) is 0 Å². The number of thioether (sulfide) groups is 1. The molecule has 3 N–H and O–H groups in total. The molecule has 0 saturated heterocycles. The Morgan fingerprint density at radius 1 is 1.45 bits per heavy atom. The van der Waals surface area contributed by atoms with Gasteiger partial charge in [-0.15, -0.1) is 0 Å². The van der Waals surface area contributed by atoms with Gasteiger partial charge in [-0.3, -0.25) is 4.79 Å². The van der Waals surface area contributed by atoms with Gasteiger partial charge in [-0.1, -0.05) is 12.8 Å². The molecule has 5 heteroatoms. The summed E-state index contributed by atoms with van der Waals surface area (Å²) in [5, 5.41) is 2.86. The average Bonchev–Trinajstić information content (AvgIpc) is 2.92. The number of anilines is 2. The quantitative estimate of drug-likeness (QED) is 0.791. The summed E-state index contributed by atoms with van der Waals surface area (Å²) in [5.41, 5.74) is 6.98. The number of nitrogens with one attached hydrogen (secondary N) is 1. The number of amides is 1. The zero-order chi connectivity index (χ0) is 14.4. The first-order valence-electron chi connectivity index (χ1n) is 7.00. The average molecular weight is 294 g/mol. The molecule has 20 heavy (non-hydrogen) atoms. The van der Waals surface area contributed by atoms with Crippen molar-refractivity contribution in [2.75, 3.05) is 29.7 Å². The fourth-order valence-electron chi connectivity index (χ4n) is 2.50. The van der Waals surface area contributed by atoms with E-state index in [2.05, 4.69) is 5.32 Å². The highest BCUT2D eigenvalue weighted by Gasteiger charge is 2.15. The van der Waals surface area contributed by atoms with Crippen molar-refractivity contribution in [3.05, 3.63) is 18.2 Å². The van der Waals surface area contributed by atoms with Gasteiger partial charge in [-0.25, -0.2) is 0 Å². The largest absolute Gasteiger partial charge is 0.495 e. The van der Waals surface area contributed by atoms with Gasteiger partial charge >= 0.3 is 0 Å². The highest BCUT2D eigenvalue weighted by atomic mass is 32.2. The summed E-state index contributed by atoms with van der Waals surface area (Å²) in [6.07, 6.45) is 5.32. The minimum absolute atomic E-state index is 0.00287. The molecule has 1 aromatic rings. The molecular weight excluding hydrogens is 272 g/mol. The van der Waals surface area contributed by atoms with Crippen LogP contribution in [0.4, 0.5) is 11.4 Å². The number of hydrogen-bond donors (Lipinski definition) is 2. The van der Waals surface area contributed by atoms with Crippen LogP contribution in [0.5, 0.6) is 5.75 Å². The molecule has 1 amide bonds. The van der Waals surface area contributed by atoms with Gasteiger partial charge in [0.1, 0.15) is 5.75 Å². The number of rotatable bonds is 6. The number of carbonyl (C=O) groups is 1. The van der Waals surface area contributed by atoms with Crippen molar-refractivity contribution in [3.8, 4) is 5.75 Å². The predicted octanol–water partition coefficient (Wildman–Crippen LogP) is 3.14. The number of carbonyl (C=O) groups excluding carboxylic acids is 1. The summed E-state index contributed by atoms with van der Waals surface area (Å²) in [6, 6.07) is 5.23. The topological polar surface area (TPSA) is 64.3 Å². The second-order valence-corrected chi connectivity index (χ2v) is 6.20. The van der Waals surface area contributed by atoms with Gasteiger partial charge in [0.15, 0.2) is 0 Å². The van der Waals surface area contributed by atoms with E-state index in [0.717, 1.165) is 11.7 Å². The monoisotopic (exact) mass is 294 g/mol. The third-order valence-corrected chi connectivity index (χ3v) is 4.73. The summed E-state index contributed by atoms with van der Waals surface area (Å²) in [7, 11) is 1.58. The Hall–Kier alpha value is -1.36. The number of ether oxygens (including phenoxy) is 1. The summed E-state index contributed by atoms with van der Waals surface area (Å²) in [6.45, 7) is 0. The van der Waals surface area contributed by atoms with Crippen LogP contribution < -0.4 is 15.8 Å². The maximum Gasteiger partial charge on any atom is 0.234 e. The molecule has 0 aliphatic heterocycles. The Balaban J connectivity index is 1.80. The van der Waals surface area contributed by atoms with Crippen molar-refractivity contribution in [2.45, 2.75) is 25.7 Å². The third-order valence-electron chi connectivity index (χ3n) is 3.56. The lowest BCUT2D eigenvalue weighted by atomic mass is 10.1. The van der Waals surface area contributed by atoms with Crippen LogP contribution >= 0.6 is 11.8 Å². The number of nitrogen functional groups attached to an aromatic ring is 1. The van der Waals surface area contributed by atoms with Crippen molar-refractivity contribution in [1.82, 2.24) is 0 Å². The van der Waals surface area contributed by atoms with Crippen molar-refractivity contribution in [1.29, 1.82) is 0 Å². The molecule has 1 saturated carbocycles. The van der Waals surface area contributed by atoms with Crippen LogP contribution in [0.3, 0.4) is 0 Å². The van der Waals surface area contributed by atoms with Crippen LogP contribution in [-0.2, 0) is 4.79 Å². The van der Waals surface area contributed by atoms with Crippen molar-refractivity contribution in [3.63, 3.8) is 0 Å². The standard InChI is InChI=1S/C15H22N2O2S/c1-19-14-7-6-12(16)8-13(14)17-15(18)10-20-9-11-4-2-3-5-11/h6-8,11H,2-5,9-10,16H2,1H3,(H,17,18). The molecule has 0 atom stereocenters. The molecule has 1 aromatic carbocycles. The summed E-state index contributed by atoms with van der Waals surface area (Å²) >= 11 is 1.71. The van der Waals surface area contributed by atoms with Crippen molar-refractivity contribution in [2.24, 2.45) is 5.92 Å². The molecule has 1 fully saturated rings. The van der Waals surface area contributed by atoms with E-state index in [9.17, 15) is 4.79 Å². The van der Waals surface area contributed by atoms with Gasteiger partial charge in [-0.05, 0) is 42.7 Å². The van der Waals surface area contributed by atoms with Crippen LogP contribution in [0.1, 0.15) is 25.7 Å². The third kappa shape index (κ3) is 4.34. The van der Waals surface area contributed by atoms with Gasteiger partial charge < -0.3 is 15.8 Å². The summed E-state index contributed by atoms with van der Waals surface area (Å²) in [4.78, 5) is 11.9. The highest BCUT2D eigenvalue weighted by Crippen LogP contribution is 2.29. The molecule has 4 nitrogen and oxygen atoms in total. The molecular formula is C15H22N2O2S. The maximum atomic E-state index is 11.9. The van der Waals surface area contributed by atoms with Crippen LogP contribution in [0.2, 0.25) is 0 Å². The Morgan fingerprint density at radius 2 is 2.20 bits per heavy atom. The van der Waals surface area contributed by atoms with Crippen LogP contribution in [0.15, 0.2) is 18.2 Å². The first kappa shape index (κ1) is 15.0. The molecule has 0 radical (unpaired) electrons. The van der Waals surface area contributed by atoms with Gasteiger partial charge in [0.2, 0.25) is 5.91 Å². The van der Waals surface area contributed by atoms with E-state index in [4.69, 9.17) is 10.5 Å². The van der Waals surface area contributed by atoms with Gasteiger partial charge in [-0.2, -0.15) is 11.8 Å². The minimum atomic E-state index is -0.00287. The maximum absolute atomic E-state index is 11.9. The highest BCUT2D eigenvalue weighted by molar-refractivity contribution is 7.99. The van der Waals surface area contributed by atoms with E-state index in [0.29, 0.717) is 22.9 Å². The zero-order valence-corrected chi connectivity index (χ0v) is 12.7. The molecule has 0 aromatic heterocycles. The van der Waals surface area contributed by atoms with E-state index in [1.165, 1.54) is 25.7 Å². The molecule has 110 valence electrons. The van der Waals surface area contributed by atoms with Crippen LogP contribution in [-0.4, -0.2) is 24.5 Å². The SMILES string of the molecule is COc1ccc(N)cc1NC(=O)CSCC1CCCC1. The smallest absolute Gasteiger partial charge is 0.234 e. The number of hydrogen-bond acceptors (Lipinski definition) is 4. The molecule has 0 heterocycles. The second-order valence-electron chi connectivity index (χ2n) is 5.17. The normalized spacial score (nSPS) is 15.2. The number of benzene rings is 1. The summed E-state index contributed by atoms with van der Waals surface area (Å²) < 4.78 is 5.21. The Bertz CT molecular complexity index is 459. The van der Waals surface area contributed by atoms with E-state index in [1.54, 1.807) is 37.1 Å². The minimum Gasteiger partial charge on any atom is -0.495 e. The predicted molar refractivity (Wildman–Crippen MR) is 85.3 cm³/mol. The Labute approximate surface area is 124 Å². The zero-order valence-electron chi connectivity index (χ0n) is 11.9. The fourth-order valence-corrected chi connectivity index (χ4v) is 3.55. The van der Waals surface area contributed by atoms with E-state index in [-0.39, 0.29) is 5.91 Å². The van der Waals surface area contributed by atoms with Gasteiger partial charge in [0.25, 0.3) is 0 Å². The first-order valence-corrected chi connectivity index (χ1v) is 8.15. The first-order chi connectivity index (χ1) is 9.69. The Morgan fingerprint density at radius 3 is 2.90 bits per heavy atom. The number of methoxy groups -OCH3 is 1. The summed E-state index contributed by atoms with van der Waals surface area (Å²) in [5.74, 6) is 3.00. The van der Waals surface area contributed by atoms with E-state index in [1.807, 2.05) is 0 Å². The fraction of sp³-hybridized carbons (Fsp3) is 0.533. The lowest BCUT2D eigenvalue weighted by Gasteiger charge is -2.11. The van der Waals surface area contributed by atoms with Crippen LogP contribution in [0, 0.1) is 5.92 Å². The molecule has 2 rings (SSSR count). The van der Waals surface area contributed by atoms with Gasteiger partial charge in [0.05, 0.1) is 18.6 Å². The van der Waals surface area contributed by atoms with Gasteiger partial charge in [0, 0.05) is 5.69 Å². The van der Waals surface area contributed by atoms with Crippen molar-refractivity contribution >= 4 is 29.0 Å².